The van der Waals surface area contributed by atoms with Crippen LogP contribution in [0, 0.1) is 11.3 Å². The van der Waals surface area contributed by atoms with Crippen LogP contribution in [-0.2, 0) is 9.59 Å². The van der Waals surface area contributed by atoms with Gasteiger partial charge in [-0.3, -0.25) is 20.3 Å². The highest BCUT2D eigenvalue weighted by Gasteiger charge is 2.46. The molecule has 1 fully saturated rings. The molecule has 0 saturated carbocycles. The first-order valence-corrected chi connectivity index (χ1v) is 4.92. The van der Waals surface area contributed by atoms with E-state index < -0.39 is 29.3 Å². The zero-order valence-electron chi connectivity index (χ0n) is 9.46. The summed E-state index contributed by atoms with van der Waals surface area (Å²) >= 11 is 0. The lowest BCUT2D eigenvalue weighted by Gasteiger charge is -2.34. The number of imide groups is 1. The highest BCUT2D eigenvalue weighted by atomic mass is 16.2. The number of urea groups is 1. The fourth-order valence-electron chi connectivity index (χ4n) is 1.65. The van der Waals surface area contributed by atoms with E-state index in [2.05, 4.69) is 10.6 Å². The van der Waals surface area contributed by atoms with Crippen LogP contribution in [-0.4, -0.2) is 23.9 Å². The summed E-state index contributed by atoms with van der Waals surface area (Å²) in [6.45, 7) is 5.10. The smallest absolute Gasteiger partial charge is 0.322 e. The third kappa shape index (κ3) is 1.99. The standard InChI is InChI=1S/C9H16N4O3/c1-4(6(14)13-10)9(2,3)5-7(15)12-8(16)11-5/h4-5H,10H2,1-3H3,(H,13,14)(H2,11,12,15,16). The van der Waals surface area contributed by atoms with E-state index >= 15 is 0 Å². The topological polar surface area (TPSA) is 113 Å². The fraction of sp³-hybridized carbons (Fsp3) is 0.667. The van der Waals surface area contributed by atoms with Crippen molar-refractivity contribution in [3.8, 4) is 0 Å². The van der Waals surface area contributed by atoms with Crippen molar-refractivity contribution in [2.24, 2.45) is 17.2 Å². The van der Waals surface area contributed by atoms with Crippen LogP contribution < -0.4 is 21.9 Å². The lowest BCUT2D eigenvalue weighted by molar-refractivity contribution is -0.131. The van der Waals surface area contributed by atoms with Gasteiger partial charge in [-0.2, -0.15) is 0 Å². The van der Waals surface area contributed by atoms with Crippen LogP contribution in [0.25, 0.3) is 0 Å². The first-order chi connectivity index (χ1) is 7.30. The number of nitrogens with one attached hydrogen (secondary N) is 3. The molecule has 4 amide bonds. The Morgan fingerprint density at radius 2 is 2.06 bits per heavy atom. The maximum atomic E-state index is 11.5. The Morgan fingerprint density at radius 3 is 2.44 bits per heavy atom. The molecule has 0 aromatic carbocycles. The van der Waals surface area contributed by atoms with Gasteiger partial charge in [0.05, 0.1) is 0 Å². The molecule has 0 aromatic heterocycles. The van der Waals surface area contributed by atoms with Gasteiger partial charge >= 0.3 is 6.03 Å². The van der Waals surface area contributed by atoms with Crippen LogP contribution in [0.2, 0.25) is 0 Å². The van der Waals surface area contributed by atoms with Crippen molar-refractivity contribution in [3.05, 3.63) is 0 Å². The second-order valence-corrected chi connectivity index (χ2v) is 4.45. The van der Waals surface area contributed by atoms with Crippen molar-refractivity contribution in [2.45, 2.75) is 26.8 Å². The molecule has 0 aliphatic carbocycles. The summed E-state index contributed by atoms with van der Waals surface area (Å²) in [7, 11) is 0. The van der Waals surface area contributed by atoms with Gasteiger partial charge in [-0.05, 0) is 0 Å². The Hall–Kier alpha value is -1.63. The molecule has 2 unspecified atom stereocenters. The number of carbonyl (C=O) groups is 3. The van der Waals surface area contributed by atoms with Gasteiger partial charge in [0.25, 0.3) is 5.91 Å². The molecule has 7 heteroatoms. The maximum Gasteiger partial charge on any atom is 0.322 e. The molecule has 5 N–H and O–H groups in total. The molecule has 16 heavy (non-hydrogen) atoms. The van der Waals surface area contributed by atoms with Crippen molar-refractivity contribution < 1.29 is 14.4 Å². The molecule has 1 aliphatic heterocycles. The minimum Gasteiger partial charge on any atom is -0.325 e. The molecular formula is C9H16N4O3. The van der Waals surface area contributed by atoms with Crippen LogP contribution in [0.15, 0.2) is 0 Å². The maximum absolute atomic E-state index is 11.5. The van der Waals surface area contributed by atoms with Gasteiger partial charge in [0, 0.05) is 11.3 Å². The van der Waals surface area contributed by atoms with E-state index in [4.69, 9.17) is 5.84 Å². The van der Waals surface area contributed by atoms with Gasteiger partial charge in [0.1, 0.15) is 6.04 Å². The first kappa shape index (κ1) is 12.4. The molecule has 7 nitrogen and oxygen atoms in total. The number of carbonyl (C=O) groups excluding carboxylic acids is 3. The van der Waals surface area contributed by atoms with E-state index in [0.29, 0.717) is 0 Å². The molecule has 0 bridgehead atoms. The van der Waals surface area contributed by atoms with E-state index in [1.807, 2.05) is 5.43 Å². The average Bonchev–Trinajstić information content (AvgIpc) is 2.56. The Kier molecular flexibility index (Phi) is 3.18. The molecule has 0 radical (unpaired) electrons. The Labute approximate surface area is 93.1 Å². The second-order valence-electron chi connectivity index (χ2n) is 4.45. The predicted octanol–water partition coefficient (Wildman–Crippen LogP) is -1.15. The van der Waals surface area contributed by atoms with Crippen LogP contribution in [0.1, 0.15) is 20.8 Å². The number of rotatable bonds is 3. The van der Waals surface area contributed by atoms with Crippen LogP contribution in [0.5, 0.6) is 0 Å². The van der Waals surface area contributed by atoms with Crippen molar-refractivity contribution in [3.63, 3.8) is 0 Å². The van der Waals surface area contributed by atoms with Gasteiger partial charge in [0.2, 0.25) is 5.91 Å². The number of hydrogen-bond acceptors (Lipinski definition) is 4. The van der Waals surface area contributed by atoms with Gasteiger partial charge in [-0.25, -0.2) is 10.6 Å². The molecule has 1 heterocycles. The summed E-state index contributed by atoms with van der Waals surface area (Å²) in [5.41, 5.74) is 1.31. The highest BCUT2D eigenvalue weighted by molar-refractivity contribution is 6.04. The second kappa shape index (κ2) is 4.09. The SMILES string of the molecule is CC(C(=O)NN)C(C)(C)C1NC(=O)NC1=O. The Bertz CT molecular complexity index is 340. The monoisotopic (exact) mass is 228 g/mol. The lowest BCUT2D eigenvalue weighted by Crippen LogP contribution is -2.51. The van der Waals surface area contributed by atoms with Crippen LogP contribution in [0.3, 0.4) is 0 Å². The summed E-state index contributed by atoms with van der Waals surface area (Å²) in [6, 6.07) is -1.27. The minimum absolute atomic E-state index is 0.376. The molecule has 0 spiro atoms. The summed E-state index contributed by atoms with van der Waals surface area (Å²) in [4.78, 5) is 33.9. The van der Waals surface area contributed by atoms with Crippen LogP contribution in [0.4, 0.5) is 4.79 Å². The van der Waals surface area contributed by atoms with Crippen molar-refractivity contribution in [1.82, 2.24) is 16.1 Å². The minimum atomic E-state index is -0.729. The zero-order valence-corrected chi connectivity index (χ0v) is 9.46. The molecule has 2 atom stereocenters. The number of hydrogen-bond donors (Lipinski definition) is 4. The largest absolute Gasteiger partial charge is 0.325 e. The molecule has 1 aliphatic rings. The third-order valence-corrected chi connectivity index (χ3v) is 3.17. The van der Waals surface area contributed by atoms with Gasteiger partial charge in [0.15, 0.2) is 0 Å². The number of nitrogens with two attached hydrogens (primary N) is 1. The molecular weight excluding hydrogens is 212 g/mol. The summed E-state index contributed by atoms with van der Waals surface area (Å²) in [5, 5.41) is 4.62. The van der Waals surface area contributed by atoms with E-state index in [-0.39, 0.29) is 5.91 Å². The summed E-state index contributed by atoms with van der Waals surface area (Å²) in [5.74, 6) is 3.73. The molecule has 90 valence electrons. The zero-order chi connectivity index (χ0) is 12.5. The predicted molar refractivity (Wildman–Crippen MR) is 55.7 cm³/mol. The number of hydrazine groups is 1. The highest BCUT2D eigenvalue weighted by Crippen LogP contribution is 2.32. The van der Waals surface area contributed by atoms with Gasteiger partial charge in [-0.1, -0.05) is 20.8 Å². The molecule has 1 saturated heterocycles. The van der Waals surface area contributed by atoms with E-state index in [1.54, 1.807) is 20.8 Å². The summed E-state index contributed by atoms with van der Waals surface area (Å²) in [6.07, 6.45) is 0. The first-order valence-electron chi connectivity index (χ1n) is 4.92. The summed E-state index contributed by atoms with van der Waals surface area (Å²) < 4.78 is 0. The average molecular weight is 228 g/mol. The van der Waals surface area contributed by atoms with Crippen LogP contribution >= 0.6 is 0 Å². The molecule has 1 rings (SSSR count). The quantitative estimate of drug-likeness (QED) is 0.211. The van der Waals surface area contributed by atoms with Crippen molar-refractivity contribution >= 4 is 17.8 Å². The van der Waals surface area contributed by atoms with E-state index in [0.717, 1.165) is 0 Å². The molecule has 0 aromatic rings. The van der Waals surface area contributed by atoms with E-state index in [1.165, 1.54) is 0 Å². The van der Waals surface area contributed by atoms with Crippen molar-refractivity contribution in [1.29, 1.82) is 0 Å². The van der Waals surface area contributed by atoms with E-state index in [9.17, 15) is 14.4 Å². The number of amides is 4. The Balaban J connectivity index is 2.88. The lowest BCUT2D eigenvalue weighted by atomic mass is 9.73. The fourth-order valence-corrected chi connectivity index (χ4v) is 1.65. The van der Waals surface area contributed by atoms with Crippen molar-refractivity contribution in [2.75, 3.05) is 0 Å². The normalized spacial score (nSPS) is 22.4. The van der Waals surface area contributed by atoms with Gasteiger partial charge in [-0.15, -0.1) is 0 Å². The third-order valence-electron chi connectivity index (χ3n) is 3.17. The Morgan fingerprint density at radius 1 is 1.50 bits per heavy atom. The van der Waals surface area contributed by atoms with Gasteiger partial charge < -0.3 is 5.32 Å².